The molecule has 0 aliphatic carbocycles. The van der Waals surface area contributed by atoms with Gasteiger partial charge in [0.15, 0.2) is 5.78 Å². The van der Waals surface area contributed by atoms with Gasteiger partial charge in [0, 0.05) is 10.5 Å². The van der Waals surface area contributed by atoms with Crippen LogP contribution in [-0.4, -0.2) is 17.3 Å². The summed E-state index contributed by atoms with van der Waals surface area (Å²) < 4.78 is 0. The number of ketones is 2. The van der Waals surface area contributed by atoms with E-state index in [0.29, 0.717) is 5.75 Å². The van der Waals surface area contributed by atoms with Crippen LogP contribution in [0.3, 0.4) is 0 Å². The predicted molar refractivity (Wildman–Crippen MR) is 62.6 cm³/mol. The van der Waals surface area contributed by atoms with Gasteiger partial charge in [-0.1, -0.05) is 6.07 Å². The molecule has 0 spiro atoms. The smallest absolute Gasteiger partial charge is 0.160 e. The number of carbonyl (C=O) groups is 2. The highest BCUT2D eigenvalue weighted by molar-refractivity contribution is 8.00. The average Bonchev–Trinajstić information content (AvgIpc) is 2.16. The van der Waals surface area contributed by atoms with Crippen molar-refractivity contribution in [3.63, 3.8) is 0 Å². The zero-order chi connectivity index (χ0) is 11.4. The van der Waals surface area contributed by atoms with Gasteiger partial charge in [-0.25, -0.2) is 0 Å². The average molecular weight is 222 g/mol. The molecule has 0 amide bonds. The lowest BCUT2D eigenvalue weighted by atomic mass is 10.1. The monoisotopic (exact) mass is 222 g/mol. The summed E-state index contributed by atoms with van der Waals surface area (Å²) in [5.74, 6) is 0.670. The first-order valence-corrected chi connectivity index (χ1v) is 5.73. The van der Waals surface area contributed by atoms with Gasteiger partial charge in [-0.3, -0.25) is 9.59 Å². The first-order chi connectivity index (χ1) is 7.00. The lowest BCUT2D eigenvalue weighted by molar-refractivity contribution is -0.114. The fourth-order valence-electron chi connectivity index (χ4n) is 1.26. The summed E-state index contributed by atoms with van der Waals surface area (Å²) in [6.45, 7) is 5.03. The van der Waals surface area contributed by atoms with Crippen molar-refractivity contribution in [2.75, 3.05) is 5.75 Å². The van der Waals surface area contributed by atoms with Gasteiger partial charge >= 0.3 is 0 Å². The number of Topliss-reactive ketones (excluding diaryl/α,β-unsaturated/α-hetero) is 2. The first-order valence-electron chi connectivity index (χ1n) is 4.74. The molecular formula is C12H14O2S. The molecule has 0 aromatic heterocycles. The minimum absolute atomic E-state index is 0.0674. The number of aryl methyl sites for hydroxylation is 1. The largest absolute Gasteiger partial charge is 0.299 e. The maximum Gasteiger partial charge on any atom is 0.160 e. The van der Waals surface area contributed by atoms with Crippen LogP contribution in [0, 0.1) is 6.92 Å². The van der Waals surface area contributed by atoms with Crippen LogP contribution in [0.15, 0.2) is 23.1 Å². The molecular weight excluding hydrogens is 208 g/mol. The van der Waals surface area contributed by atoms with Crippen LogP contribution in [-0.2, 0) is 4.79 Å². The van der Waals surface area contributed by atoms with Crippen LogP contribution < -0.4 is 0 Å². The summed E-state index contributed by atoms with van der Waals surface area (Å²) in [6, 6.07) is 5.71. The summed E-state index contributed by atoms with van der Waals surface area (Å²) in [5, 5.41) is 0. The molecule has 0 unspecified atom stereocenters. The van der Waals surface area contributed by atoms with Crippen molar-refractivity contribution in [1.82, 2.24) is 0 Å². The Balaban J connectivity index is 2.87. The molecule has 1 aromatic rings. The molecule has 80 valence electrons. The number of hydrogen-bond acceptors (Lipinski definition) is 3. The Hall–Kier alpha value is -1.09. The highest BCUT2D eigenvalue weighted by Crippen LogP contribution is 2.21. The summed E-state index contributed by atoms with van der Waals surface area (Å²) in [5.41, 5.74) is 1.72. The Morgan fingerprint density at radius 2 is 1.93 bits per heavy atom. The van der Waals surface area contributed by atoms with Crippen molar-refractivity contribution in [2.24, 2.45) is 0 Å². The lowest BCUT2D eigenvalue weighted by Crippen LogP contribution is -1.97. The molecule has 0 saturated heterocycles. The van der Waals surface area contributed by atoms with Crippen LogP contribution in [0.1, 0.15) is 29.8 Å². The van der Waals surface area contributed by atoms with Crippen molar-refractivity contribution in [3.05, 3.63) is 29.3 Å². The van der Waals surface area contributed by atoms with E-state index < -0.39 is 0 Å². The van der Waals surface area contributed by atoms with Crippen LogP contribution in [0.25, 0.3) is 0 Å². The molecule has 0 aliphatic heterocycles. The van der Waals surface area contributed by atoms with Gasteiger partial charge in [0.25, 0.3) is 0 Å². The van der Waals surface area contributed by atoms with E-state index in [9.17, 15) is 9.59 Å². The minimum Gasteiger partial charge on any atom is -0.299 e. The fourth-order valence-corrected chi connectivity index (χ4v) is 1.99. The van der Waals surface area contributed by atoms with Gasteiger partial charge in [-0.05, 0) is 38.5 Å². The molecule has 1 aromatic carbocycles. The van der Waals surface area contributed by atoms with E-state index in [4.69, 9.17) is 0 Å². The Kier molecular flexibility index (Phi) is 4.09. The molecule has 2 nitrogen and oxygen atoms in total. The Bertz CT molecular complexity index is 397. The van der Waals surface area contributed by atoms with Crippen LogP contribution >= 0.6 is 11.8 Å². The number of thioether (sulfide) groups is 1. The molecule has 0 N–H and O–H groups in total. The van der Waals surface area contributed by atoms with E-state index in [-0.39, 0.29) is 11.6 Å². The van der Waals surface area contributed by atoms with Crippen LogP contribution in [0.5, 0.6) is 0 Å². The number of benzene rings is 1. The van der Waals surface area contributed by atoms with E-state index in [1.54, 1.807) is 13.8 Å². The molecule has 0 heterocycles. The van der Waals surface area contributed by atoms with E-state index >= 15 is 0 Å². The molecule has 15 heavy (non-hydrogen) atoms. The maximum atomic E-state index is 11.3. The summed E-state index contributed by atoms with van der Waals surface area (Å²) >= 11 is 1.47. The van der Waals surface area contributed by atoms with Crippen molar-refractivity contribution < 1.29 is 9.59 Å². The molecule has 0 atom stereocenters. The van der Waals surface area contributed by atoms with Crippen LogP contribution in [0.2, 0.25) is 0 Å². The number of carbonyl (C=O) groups excluding carboxylic acids is 2. The zero-order valence-corrected chi connectivity index (χ0v) is 9.98. The zero-order valence-electron chi connectivity index (χ0n) is 9.16. The highest BCUT2D eigenvalue weighted by Gasteiger charge is 2.05. The summed E-state index contributed by atoms with van der Waals surface area (Å²) in [7, 11) is 0. The van der Waals surface area contributed by atoms with Crippen molar-refractivity contribution in [3.8, 4) is 0 Å². The van der Waals surface area contributed by atoms with Gasteiger partial charge in [0.05, 0.1) is 5.75 Å². The van der Waals surface area contributed by atoms with Crippen molar-refractivity contribution in [1.29, 1.82) is 0 Å². The molecule has 0 fully saturated rings. The third-order valence-electron chi connectivity index (χ3n) is 2.03. The Labute approximate surface area is 94.1 Å². The quantitative estimate of drug-likeness (QED) is 0.580. The van der Waals surface area contributed by atoms with Crippen LogP contribution in [0.4, 0.5) is 0 Å². The van der Waals surface area contributed by atoms with Gasteiger partial charge in [-0.15, -0.1) is 11.8 Å². The second kappa shape index (κ2) is 5.12. The molecule has 1 rings (SSSR count). The van der Waals surface area contributed by atoms with Crippen molar-refractivity contribution in [2.45, 2.75) is 25.7 Å². The molecule has 0 radical (unpaired) electrons. The predicted octanol–water partition coefficient (Wildman–Crippen LogP) is 2.88. The second-order valence-electron chi connectivity index (χ2n) is 3.52. The lowest BCUT2D eigenvalue weighted by Gasteiger charge is -2.05. The third-order valence-corrected chi connectivity index (χ3v) is 3.17. The standard InChI is InChI=1S/C12H14O2S/c1-8-4-5-11(15-7-9(2)13)6-12(8)10(3)14/h4-6H,7H2,1-3H3. The summed E-state index contributed by atoms with van der Waals surface area (Å²) in [6.07, 6.45) is 0. The third kappa shape index (κ3) is 3.51. The molecule has 0 aliphatic rings. The normalized spacial score (nSPS) is 10.1. The number of rotatable bonds is 4. The highest BCUT2D eigenvalue weighted by atomic mass is 32.2. The van der Waals surface area contributed by atoms with E-state index in [2.05, 4.69) is 0 Å². The Morgan fingerprint density at radius 3 is 2.47 bits per heavy atom. The molecule has 0 saturated carbocycles. The topological polar surface area (TPSA) is 34.1 Å². The Morgan fingerprint density at radius 1 is 1.27 bits per heavy atom. The van der Waals surface area contributed by atoms with Gasteiger partial charge in [0.1, 0.15) is 5.78 Å². The second-order valence-corrected chi connectivity index (χ2v) is 4.57. The fraction of sp³-hybridized carbons (Fsp3) is 0.333. The number of hydrogen-bond donors (Lipinski definition) is 0. The van der Waals surface area contributed by atoms with Crippen molar-refractivity contribution >= 4 is 23.3 Å². The van der Waals surface area contributed by atoms with E-state index in [1.165, 1.54) is 11.8 Å². The molecule has 0 bridgehead atoms. The van der Waals surface area contributed by atoms with E-state index in [0.717, 1.165) is 16.0 Å². The van der Waals surface area contributed by atoms with Gasteiger partial charge in [-0.2, -0.15) is 0 Å². The minimum atomic E-state index is 0.0674. The first kappa shape index (κ1) is 12.0. The van der Waals surface area contributed by atoms with Gasteiger partial charge in [0.2, 0.25) is 0 Å². The summed E-state index contributed by atoms with van der Waals surface area (Å²) in [4.78, 5) is 23.1. The maximum absolute atomic E-state index is 11.3. The SMILES string of the molecule is CC(=O)CSc1ccc(C)c(C(C)=O)c1. The van der Waals surface area contributed by atoms with Gasteiger partial charge < -0.3 is 0 Å². The molecule has 3 heteroatoms. The van der Waals surface area contributed by atoms with E-state index in [1.807, 2.05) is 25.1 Å².